The van der Waals surface area contributed by atoms with Gasteiger partial charge in [-0.2, -0.15) is 4.40 Å². The summed E-state index contributed by atoms with van der Waals surface area (Å²) in [6.45, 7) is 5.42. The van der Waals surface area contributed by atoms with Crippen LogP contribution in [0.25, 0.3) is 5.65 Å². The molecular formula is C25H25BrN2O3. The van der Waals surface area contributed by atoms with E-state index in [2.05, 4.69) is 41.1 Å². The predicted molar refractivity (Wildman–Crippen MR) is 115 cm³/mol. The number of carbonyl (C=O) groups excluding carboxylic acids is 1. The number of aromatic nitrogens is 2. The normalized spacial score (nSPS) is 10.5. The topological polar surface area (TPSA) is 44.6 Å². The smallest absolute Gasteiger partial charge is 0.337 e. The summed E-state index contributed by atoms with van der Waals surface area (Å²) in [5.41, 5.74) is 6.13. The van der Waals surface area contributed by atoms with Gasteiger partial charge in [0.2, 0.25) is 5.75 Å². The molecule has 0 saturated heterocycles. The minimum absolute atomic E-state index is 0. The number of nitrogens with zero attached hydrogens (tertiary/aromatic N) is 2. The zero-order valence-electron chi connectivity index (χ0n) is 17.8. The molecule has 0 aliphatic heterocycles. The Morgan fingerprint density at radius 1 is 0.935 bits per heavy atom. The van der Waals surface area contributed by atoms with Crippen molar-refractivity contribution in [2.75, 3.05) is 7.11 Å². The van der Waals surface area contributed by atoms with Crippen LogP contribution in [0.4, 0.5) is 0 Å². The van der Waals surface area contributed by atoms with E-state index in [1.807, 2.05) is 42.5 Å². The summed E-state index contributed by atoms with van der Waals surface area (Å²) in [5, 5.41) is 0. The van der Waals surface area contributed by atoms with Crippen molar-refractivity contribution in [2.45, 2.75) is 27.0 Å². The fourth-order valence-electron chi connectivity index (χ4n) is 3.63. The molecule has 0 fully saturated rings. The second-order valence-electron chi connectivity index (χ2n) is 7.29. The van der Waals surface area contributed by atoms with Crippen molar-refractivity contribution in [2.24, 2.45) is 0 Å². The zero-order valence-corrected chi connectivity index (χ0v) is 19.4. The summed E-state index contributed by atoms with van der Waals surface area (Å²) in [6, 6.07) is 21.7. The molecular weight excluding hydrogens is 456 g/mol. The molecule has 2 aromatic carbocycles. The summed E-state index contributed by atoms with van der Waals surface area (Å²) in [4.78, 5) is 11.7. The van der Waals surface area contributed by atoms with E-state index in [1.165, 1.54) is 18.5 Å². The molecule has 4 aromatic rings. The van der Waals surface area contributed by atoms with Gasteiger partial charge in [0, 0.05) is 13.8 Å². The van der Waals surface area contributed by atoms with E-state index in [-0.39, 0.29) is 23.0 Å². The van der Waals surface area contributed by atoms with E-state index < -0.39 is 0 Å². The molecule has 31 heavy (non-hydrogen) atoms. The van der Waals surface area contributed by atoms with Crippen LogP contribution in [0.15, 0.2) is 72.9 Å². The molecule has 0 atom stereocenters. The maximum absolute atomic E-state index is 11.7. The summed E-state index contributed by atoms with van der Waals surface area (Å²) in [6.07, 6.45) is 2.06. The van der Waals surface area contributed by atoms with Crippen LogP contribution in [0.1, 0.15) is 32.9 Å². The Kier molecular flexibility index (Phi) is 7.13. The molecule has 5 nitrogen and oxygen atoms in total. The van der Waals surface area contributed by atoms with Gasteiger partial charge >= 0.3 is 11.6 Å². The summed E-state index contributed by atoms with van der Waals surface area (Å²) >= 11 is 0. The number of benzene rings is 2. The molecule has 2 aromatic heterocycles. The standard InChI is InChI=1S/C25H25N2O3.BrH/c1-18-19(2)27(16-20-11-13-22(14-12-20)25(28)29-3)24-23(10-7-15-26(18)24)30-17-21-8-5-4-6-9-21;/h4-15H,16-17H2,1-3H3;1H/q+1;/p-1. The van der Waals surface area contributed by atoms with E-state index in [1.54, 1.807) is 12.1 Å². The van der Waals surface area contributed by atoms with Crippen molar-refractivity contribution < 1.29 is 35.7 Å². The first-order valence-electron chi connectivity index (χ1n) is 9.92. The maximum atomic E-state index is 11.7. The van der Waals surface area contributed by atoms with E-state index in [9.17, 15) is 4.79 Å². The number of aryl methyl sites for hydroxylation is 1. The van der Waals surface area contributed by atoms with Crippen molar-refractivity contribution in [1.82, 2.24) is 4.57 Å². The molecule has 160 valence electrons. The molecule has 0 aliphatic rings. The maximum Gasteiger partial charge on any atom is 0.337 e. The Hall–Kier alpha value is -3.12. The SMILES string of the molecule is COC(=O)c1ccc(Cn2c(C)c(C)[n+]3cccc(OCc4ccccc4)c23)cc1.[Br-]. The molecule has 4 rings (SSSR count). The molecule has 0 bridgehead atoms. The molecule has 2 heterocycles. The monoisotopic (exact) mass is 480 g/mol. The van der Waals surface area contributed by atoms with Crippen molar-refractivity contribution in [3.8, 4) is 5.75 Å². The van der Waals surface area contributed by atoms with Gasteiger partial charge in [0.25, 0.3) is 0 Å². The first kappa shape index (κ1) is 22.6. The molecule has 0 unspecified atom stereocenters. The molecule has 0 radical (unpaired) electrons. The van der Waals surface area contributed by atoms with Crippen LogP contribution >= 0.6 is 0 Å². The van der Waals surface area contributed by atoms with Gasteiger partial charge in [-0.05, 0) is 35.4 Å². The first-order valence-corrected chi connectivity index (χ1v) is 9.92. The molecule has 0 amide bonds. The number of halogens is 1. The highest BCUT2D eigenvalue weighted by Gasteiger charge is 2.24. The molecule has 6 heteroatoms. The number of imidazole rings is 1. The minimum atomic E-state index is -0.327. The predicted octanol–water partition coefficient (Wildman–Crippen LogP) is 1.26. The van der Waals surface area contributed by atoms with Crippen LogP contribution in [0.5, 0.6) is 5.75 Å². The van der Waals surface area contributed by atoms with Gasteiger partial charge in [0.15, 0.2) is 0 Å². The number of pyridine rings is 1. The Morgan fingerprint density at radius 3 is 2.32 bits per heavy atom. The lowest BCUT2D eigenvalue weighted by Gasteiger charge is -2.08. The lowest BCUT2D eigenvalue weighted by atomic mass is 10.1. The zero-order chi connectivity index (χ0) is 21.1. The van der Waals surface area contributed by atoms with Gasteiger partial charge in [0.05, 0.1) is 18.9 Å². The van der Waals surface area contributed by atoms with Crippen LogP contribution < -0.4 is 26.1 Å². The summed E-state index contributed by atoms with van der Waals surface area (Å²) in [7, 11) is 1.39. The highest BCUT2D eigenvalue weighted by Crippen LogP contribution is 2.23. The van der Waals surface area contributed by atoms with Crippen LogP contribution in [0.2, 0.25) is 0 Å². The van der Waals surface area contributed by atoms with Crippen molar-refractivity contribution >= 4 is 11.6 Å². The van der Waals surface area contributed by atoms with Gasteiger partial charge in [-0.1, -0.05) is 42.5 Å². The van der Waals surface area contributed by atoms with E-state index in [4.69, 9.17) is 9.47 Å². The van der Waals surface area contributed by atoms with Gasteiger partial charge in [-0.15, -0.1) is 0 Å². The Bertz CT molecular complexity index is 1190. The Balaban J connectivity index is 0.00000272. The number of hydrogen-bond donors (Lipinski definition) is 0. The lowest BCUT2D eigenvalue weighted by Crippen LogP contribution is -3.00. The van der Waals surface area contributed by atoms with Crippen molar-refractivity contribution in [3.63, 3.8) is 0 Å². The van der Waals surface area contributed by atoms with E-state index in [0.29, 0.717) is 18.7 Å². The number of carbonyl (C=O) groups is 1. The third-order valence-corrected chi connectivity index (χ3v) is 5.43. The third kappa shape index (κ3) is 4.64. The molecule has 0 N–H and O–H groups in total. The first-order chi connectivity index (χ1) is 14.6. The number of methoxy groups -OCH3 is 1. The number of hydrogen-bond acceptors (Lipinski definition) is 3. The average molecular weight is 481 g/mol. The van der Waals surface area contributed by atoms with Crippen molar-refractivity contribution in [1.29, 1.82) is 0 Å². The van der Waals surface area contributed by atoms with Crippen LogP contribution in [0.3, 0.4) is 0 Å². The van der Waals surface area contributed by atoms with Gasteiger partial charge in [-0.25, -0.2) is 9.36 Å². The lowest BCUT2D eigenvalue weighted by molar-refractivity contribution is -0.519. The molecule has 0 saturated carbocycles. The fraction of sp³-hybridized carbons (Fsp3) is 0.200. The molecule has 0 spiro atoms. The van der Waals surface area contributed by atoms with Crippen molar-refractivity contribution in [3.05, 3.63) is 101 Å². The summed E-state index contributed by atoms with van der Waals surface area (Å²) in [5.74, 6) is 0.510. The average Bonchev–Trinajstić information content (AvgIpc) is 3.03. The highest BCUT2D eigenvalue weighted by atomic mass is 79.9. The second-order valence-corrected chi connectivity index (χ2v) is 7.29. The second kappa shape index (κ2) is 9.79. The van der Waals surface area contributed by atoms with Crippen LogP contribution in [-0.2, 0) is 17.9 Å². The van der Waals surface area contributed by atoms with E-state index >= 15 is 0 Å². The Morgan fingerprint density at radius 2 is 1.65 bits per heavy atom. The van der Waals surface area contributed by atoms with Crippen LogP contribution in [-0.4, -0.2) is 17.6 Å². The quantitative estimate of drug-likeness (QED) is 0.308. The van der Waals surface area contributed by atoms with Crippen LogP contribution in [0, 0.1) is 13.8 Å². The highest BCUT2D eigenvalue weighted by molar-refractivity contribution is 5.89. The summed E-state index contributed by atoms with van der Waals surface area (Å²) < 4.78 is 15.4. The Labute approximate surface area is 192 Å². The van der Waals surface area contributed by atoms with Gasteiger partial charge in [0.1, 0.15) is 24.5 Å². The van der Waals surface area contributed by atoms with Gasteiger partial charge < -0.3 is 26.5 Å². The number of ether oxygens (including phenoxy) is 2. The van der Waals surface area contributed by atoms with Gasteiger partial charge in [-0.3, -0.25) is 0 Å². The third-order valence-electron chi connectivity index (χ3n) is 5.43. The minimum Gasteiger partial charge on any atom is -1.00 e. The molecule has 0 aliphatic carbocycles. The largest absolute Gasteiger partial charge is 1.00 e. The number of esters is 1. The van der Waals surface area contributed by atoms with E-state index in [0.717, 1.165) is 22.5 Å². The number of fused-ring (bicyclic) bond motifs is 1. The fourth-order valence-corrected chi connectivity index (χ4v) is 3.63. The number of rotatable bonds is 6.